The van der Waals surface area contributed by atoms with Crippen LogP contribution >= 0.6 is 11.6 Å². The molecule has 5 nitrogen and oxygen atoms in total. The van der Waals surface area contributed by atoms with Gasteiger partial charge in [-0.1, -0.05) is 29.3 Å². The Morgan fingerprint density at radius 3 is 2.61 bits per heavy atom. The van der Waals surface area contributed by atoms with Gasteiger partial charge in [0.2, 0.25) is 0 Å². The van der Waals surface area contributed by atoms with Crippen LogP contribution in [-0.2, 0) is 0 Å². The fourth-order valence-electron chi connectivity index (χ4n) is 2.72. The van der Waals surface area contributed by atoms with E-state index in [0.717, 1.165) is 37.1 Å². The van der Waals surface area contributed by atoms with Crippen LogP contribution in [-0.4, -0.2) is 39.9 Å². The van der Waals surface area contributed by atoms with Gasteiger partial charge in [0.15, 0.2) is 0 Å². The molecule has 0 radical (unpaired) electrons. The Balaban J connectivity index is 1.57. The van der Waals surface area contributed by atoms with Crippen molar-refractivity contribution in [2.45, 2.75) is 25.8 Å². The van der Waals surface area contributed by atoms with Gasteiger partial charge in [-0.25, -0.2) is 9.97 Å². The lowest BCUT2D eigenvalue weighted by Crippen LogP contribution is -2.42. The van der Waals surface area contributed by atoms with Crippen molar-refractivity contribution in [1.82, 2.24) is 14.9 Å². The quantitative estimate of drug-likeness (QED) is 0.939. The highest BCUT2D eigenvalue weighted by atomic mass is 35.5. The Morgan fingerprint density at radius 2 is 1.96 bits per heavy atom. The minimum Gasteiger partial charge on any atom is -0.366 e. The van der Waals surface area contributed by atoms with Crippen molar-refractivity contribution in [3.05, 3.63) is 52.9 Å². The molecule has 0 spiro atoms. The molecule has 0 saturated carbocycles. The monoisotopic (exact) mass is 330 g/mol. The maximum absolute atomic E-state index is 12.5. The van der Waals surface area contributed by atoms with Gasteiger partial charge in [0, 0.05) is 24.7 Å². The number of likely N-dealkylation sites (tertiary alicyclic amines) is 1. The third-order valence-electron chi connectivity index (χ3n) is 4.09. The van der Waals surface area contributed by atoms with Crippen LogP contribution in [0.15, 0.2) is 36.8 Å². The maximum Gasteiger partial charge on any atom is 0.253 e. The molecule has 1 fully saturated rings. The second kappa shape index (κ2) is 6.96. The molecular formula is C17H19ClN4O. The number of halogens is 1. The Bertz CT molecular complexity index is 681. The van der Waals surface area contributed by atoms with E-state index in [9.17, 15) is 4.79 Å². The fraction of sp³-hybridized carbons (Fsp3) is 0.353. The number of anilines is 1. The van der Waals surface area contributed by atoms with Crippen molar-refractivity contribution >= 4 is 23.3 Å². The molecule has 2 heterocycles. The van der Waals surface area contributed by atoms with Crippen LogP contribution in [0.3, 0.4) is 0 Å². The highest BCUT2D eigenvalue weighted by molar-refractivity contribution is 6.32. The molecule has 0 unspecified atom stereocenters. The number of carbonyl (C=O) groups is 1. The van der Waals surface area contributed by atoms with Crippen LogP contribution in [0.4, 0.5) is 5.82 Å². The van der Waals surface area contributed by atoms with Gasteiger partial charge >= 0.3 is 0 Å². The summed E-state index contributed by atoms with van der Waals surface area (Å²) in [6.07, 6.45) is 4.80. The molecule has 0 atom stereocenters. The summed E-state index contributed by atoms with van der Waals surface area (Å²) >= 11 is 6.06. The standard InChI is InChI=1S/C17H19ClN4O/c1-12-2-4-13(5-3-12)17(23)22-8-6-14(7-9-22)21-16-15(18)10-19-11-20-16/h2-5,10-11,14H,6-9H2,1H3,(H,19,20,21). The van der Waals surface area contributed by atoms with Crippen molar-refractivity contribution in [2.24, 2.45) is 0 Å². The van der Waals surface area contributed by atoms with E-state index >= 15 is 0 Å². The molecule has 1 aliphatic rings. The van der Waals surface area contributed by atoms with Crippen LogP contribution in [0, 0.1) is 6.92 Å². The first-order valence-electron chi connectivity index (χ1n) is 7.71. The van der Waals surface area contributed by atoms with E-state index < -0.39 is 0 Å². The average molecular weight is 331 g/mol. The first kappa shape index (κ1) is 15.7. The number of hydrogen-bond donors (Lipinski definition) is 1. The van der Waals surface area contributed by atoms with Gasteiger partial charge in [0.1, 0.15) is 17.2 Å². The van der Waals surface area contributed by atoms with E-state index in [1.54, 1.807) is 6.20 Å². The molecule has 1 amide bonds. The van der Waals surface area contributed by atoms with Gasteiger partial charge in [-0.15, -0.1) is 0 Å². The number of amides is 1. The zero-order valence-corrected chi connectivity index (χ0v) is 13.8. The molecule has 1 saturated heterocycles. The molecule has 1 aromatic heterocycles. The number of benzene rings is 1. The van der Waals surface area contributed by atoms with Gasteiger partial charge in [-0.2, -0.15) is 0 Å². The SMILES string of the molecule is Cc1ccc(C(=O)N2CCC(Nc3ncncc3Cl)CC2)cc1. The summed E-state index contributed by atoms with van der Waals surface area (Å²) in [4.78, 5) is 22.4. The summed E-state index contributed by atoms with van der Waals surface area (Å²) in [7, 11) is 0. The fourth-order valence-corrected chi connectivity index (χ4v) is 2.88. The normalized spacial score (nSPS) is 15.5. The first-order valence-corrected chi connectivity index (χ1v) is 8.09. The van der Waals surface area contributed by atoms with Crippen LogP contribution < -0.4 is 5.32 Å². The van der Waals surface area contributed by atoms with E-state index in [0.29, 0.717) is 10.8 Å². The Hall–Kier alpha value is -2.14. The number of aryl methyl sites for hydroxylation is 1. The van der Waals surface area contributed by atoms with Crippen molar-refractivity contribution in [3.8, 4) is 0 Å². The highest BCUT2D eigenvalue weighted by Gasteiger charge is 2.24. The van der Waals surface area contributed by atoms with E-state index in [4.69, 9.17) is 11.6 Å². The minimum absolute atomic E-state index is 0.100. The van der Waals surface area contributed by atoms with Crippen molar-refractivity contribution < 1.29 is 4.79 Å². The largest absolute Gasteiger partial charge is 0.366 e. The lowest BCUT2D eigenvalue weighted by atomic mass is 10.0. The van der Waals surface area contributed by atoms with Crippen LogP contribution in [0.1, 0.15) is 28.8 Å². The van der Waals surface area contributed by atoms with Crippen LogP contribution in [0.5, 0.6) is 0 Å². The molecule has 23 heavy (non-hydrogen) atoms. The predicted octanol–water partition coefficient (Wildman–Crippen LogP) is 3.16. The number of nitrogens with one attached hydrogen (secondary N) is 1. The number of rotatable bonds is 3. The Labute approximate surface area is 140 Å². The van der Waals surface area contributed by atoms with E-state index in [2.05, 4.69) is 15.3 Å². The van der Waals surface area contributed by atoms with Crippen LogP contribution in [0.2, 0.25) is 5.02 Å². The molecule has 1 aromatic carbocycles. The molecule has 120 valence electrons. The summed E-state index contributed by atoms with van der Waals surface area (Å²) in [5, 5.41) is 3.85. The summed E-state index contributed by atoms with van der Waals surface area (Å²) in [5.74, 6) is 0.758. The Kier molecular flexibility index (Phi) is 4.76. The molecular weight excluding hydrogens is 312 g/mol. The first-order chi connectivity index (χ1) is 11.1. The smallest absolute Gasteiger partial charge is 0.253 e. The van der Waals surface area contributed by atoms with Crippen molar-refractivity contribution in [2.75, 3.05) is 18.4 Å². The number of carbonyl (C=O) groups excluding carboxylic acids is 1. The highest BCUT2D eigenvalue weighted by Crippen LogP contribution is 2.21. The van der Waals surface area contributed by atoms with Crippen molar-refractivity contribution in [1.29, 1.82) is 0 Å². The van der Waals surface area contributed by atoms with E-state index in [1.807, 2.05) is 36.1 Å². The average Bonchev–Trinajstić information content (AvgIpc) is 2.58. The summed E-state index contributed by atoms with van der Waals surface area (Å²) in [5.41, 5.74) is 1.91. The summed E-state index contributed by atoms with van der Waals surface area (Å²) in [6, 6.07) is 7.99. The third kappa shape index (κ3) is 3.79. The second-order valence-corrected chi connectivity index (χ2v) is 6.20. The van der Waals surface area contributed by atoms with Gasteiger partial charge in [-0.3, -0.25) is 4.79 Å². The van der Waals surface area contributed by atoms with Gasteiger partial charge in [-0.05, 0) is 31.9 Å². The molecule has 1 aliphatic heterocycles. The van der Waals surface area contributed by atoms with Crippen molar-refractivity contribution in [3.63, 3.8) is 0 Å². The number of aromatic nitrogens is 2. The molecule has 6 heteroatoms. The van der Waals surface area contributed by atoms with Crippen LogP contribution in [0.25, 0.3) is 0 Å². The maximum atomic E-state index is 12.5. The predicted molar refractivity (Wildman–Crippen MR) is 90.8 cm³/mol. The zero-order chi connectivity index (χ0) is 16.2. The summed E-state index contributed by atoms with van der Waals surface area (Å²) in [6.45, 7) is 3.48. The second-order valence-electron chi connectivity index (χ2n) is 5.80. The minimum atomic E-state index is 0.100. The number of hydrogen-bond acceptors (Lipinski definition) is 4. The number of piperidine rings is 1. The summed E-state index contributed by atoms with van der Waals surface area (Å²) < 4.78 is 0. The topological polar surface area (TPSA) is 58.1 Å². The van der Waals surface area contributed by atoms with Gasteiger partial charge < -0.3 is 10.2 Å². The third-order valence-corrected chi connectivity index (χ3v) is 4.37. The van der Waals surface area contributed by atoms with E-state index in [1.165, 1.54) is 6.33 Å². The lowest BCUT2D eigenvalue weighted by molar-refractivity contribution is 0.0718. The van der Waals surface area contributed by atoms with Gasteiger partial charge in [0.05, 0.1) is 6.20 Å². The Morgan fingerprint density at radius 1 is 1.26 bits per heavy atom. The molecule has 2 aromatic rings. The molecule has 0 bridgehead atoms. The van der Waals surface area contributed by atoms with Gasteiger partial charge in [0.25, 0.3) is 5.91 Å². The lowest BCUT2D eigenvalue weighted by Gasteiger charge is -2.32. The zero-order valence-electron chi connectivity index (χ0n) is 13.0. The number of nitrogens with zero attached hydrogens (tertiary/aromatic N) is 3. The molecule has 1 N–H and O–H groups in total. The molecule has 3 rings (SSSR count). The molecule has 0 aliphatic carbocycles. The van der Waals surface area contributed by atoms with E-state index in [-0.39, 0.29) is 11.9 Å².